The number of thioether (sulfide) groups is 1. The van der Waals surface area contributed by atoms with Crippen LogP contribution < -0.4 is 10.1 Å². The molecule has 0 aromatic heterocycles. The number of nitrogens with zero attached hydrogens (tertiary/aromatic N) is 1. The van der Waals surface area contributed by atoms with Crippen LogP contribution in [0.15, 0.2) is 88.8 Å². The summed E-state index contributed by atoms with van der Waals surface area (Å²) in [7, 11) is 1.50. The van der Waals surface area contributed by atoms with Gasteiger partial charge in [0.2, 0.25) is 3.79 Å². The van der Waals surface area contributed by atoms with Crippen molar-refractivity contribution < 1.29 is 79.7 Å². The van der Waals surface area contributed by atoms with Crippen molar-refractivity contribution in [1.82, 2.24) is 5.32 Å². The molecular formula is C43H44Cl3F3N2O14S. The number of benzene rings is 3. The second-order valence-corrected chi connectivity index (χ2v) is 18.5. The van der Waals surface area contributed by atoms with E-state index in [1.165, 1.54) is 19.2 Å². The number of alkyl halides is 6. The van der Waals surface area contributed by atoms with Crippen LogP contribution in [0.1, 0.15) is 43.8 Å². The fourth-order valence-electron chi connectivity index (χ4n) is 7.22. The average Bonchev–Trinajstić information content (AvgIpc) is 3.26. The van der Waals surface area contributed by atoms with Crippen LogP contribution in [-0.4, -0.2) is 121 Å². The Balaban J connectivity index is 1.50. The maximum Gasteiger partial charge on any atom is 0.417 e. The molecule has 23 heteroatoms. The number of esters is 3. The Hall–Kier alpha value is -4.38. The molecule has 0 bridgehead atoms. The third-order valence-electron chi connectivity index (χ3n) is 9.99. The third-order valence-corrected chi connectivity index (χ3v) is 11.5. The molecule has 358 valence electrons. The second-order valence-electron chi connectivity index (χ2n) is 14.8. The van der Waals surface area contributed by atoms with E-state index in [0.29, 0.717) is 16.2 Å². The van der Waals surface area contributed by atoms with Gasteiger partial charge in [0.05, 0.1) is 25.3 Å². The molecule has 3 saturated heterocycles. The zero-order valence-corrected chi connectivity index (χ0v) is 38.5. The largest absolute Gasteiger partial charge is 0.497 e. The number of fused-ring (bicyclic) bond motifs is 1. The quantitative estimate of drug-likeness (QED) is 0.0744. The summed E-state index contributed by atoms with van der Waals surface area (Å²) in [4.78, 5) is 56.4. The van der Waals surface area contributed by atoms with Gasteiger partial charge in [0, 0.05) is 43.0 Å². The van der Waals surface area contributed by atoms with Gasteiger partial charge in [-0.25, -0.2) is 4.79 Å². The molecule has 3 heterocycles. The summed E-state index contributed by atoms with van der Waals surface area (Å²) in [5, 5.41) is 2.74. The van der Waals surface area contributed by atoms with E-state index < -0.39 is 125 Å². The zero-order chi connectivity index (χ0) is 47.8. The zero-order valence-electron chi connectivity index (χ0n) is 35.4. The number of hydrogen-bond acceptors (Lipinski definition) is 16. The molecule has 3 aliphatic rings. The summed E-state index contributed by atoms with van der Waals surface area (Å²) in [6.45, 7) is 1.84. The van der Waals surface area contributed by atoms with Crippen molar-refractivity contribution in [3.8, 4) is 5.75 Å². The topological polar surface area (TPSA) is 185 Å². The maximum absolute atomic E-state index is 14.3. The molecule has 11 atom stereocenters. The minimum Gasteiger partial charge on any atom is -0.497 e. The molecule has 3 aromatic rings. The highest BCUT2D eigenvalue weighted by Gasteiger charge is 2.57. The van der Waals surface area contributed by atoms with Crippen molar-refractivity contribution in [2.75, 3.05) is 26.9 Å². The molecule has 0 spiro atoms. The Bertz CT molecular complexity index is 2170. The van der Waals surface area contributed by atoms with Crippen LogP contribution in [0.3, 0.4) is 0 Å². The summed E-state index contributed by atoms with van der Waals surface area (Å²) >= 11 is 18.9. The fourth-order valence-corrected chi connectivity index (χ4v) is 8.52. The first kappa shape index (κ1) is 51.0. The molecular weight excluding hydrogens is 964 g/mol. The second kappa shape index (κ2) is 22.6. The van der Waals surface area contributed by atoms with Gasteiger partial charge >= 0.3 is 30.2 Å². The van der Waals surface area contributed by atoms with Gasteiger partial charge < -0.3 is 52.7 Å². The van der Waals surface area contributed by atoms with Crippen LogP contribution in [0.5, 0.6) is 5.75 Å². The van der Waals surface area contributed by atoms with Crippen molar-refractivity contribution in [2.45, 2.75) is 102 Å². The number of aliphatic imine (C=N–C) groups is 1. The van der Waals surface area contributed by atoms with Crippen LogP contribution in [0.4, 0.5) is 18.0 Å². The van der Waals surface area contributed by atoms with Gasteiger partial charge in [-0.3, -0.25) is 19.4 Å². The van der Waals surface area contributed by atoms with E-state index in [9.17, 15) is 32.3 Å². The van der Waals surface area contributed by atoms with Gasteiger partial charge in [0.25, 0.3) is 0 Å². The number of rotatable bonds is 14. The van der Waals surface area contributed by atoms with Gasteiger partial charge in [-0.05, 0) is 30.3 Å². The first-order valence-electron chi connectivity index (χ1n) is 20.1. The Morgan fingerprint density at radius 2 is 1.50 bits per heavy atom. The highest BCUT2D eigenvalue weighted by atomic mass is 35.6. The van der Waals surface area contributed by atoms with Gasteiger partial charge in [0.1, 0.15) is 54.9 Å². The molecule has 0 aliphatic carbocycles. The van der Waals surface area contributed by atoms with Crippen LogP contribution >= 0.6 is 46.6 Å². The monoisotopic (exact) mass is 1010 g/mol. The van der Waals surface area contributed by atoms with Gasteiger partial charge in [-0.15, -0.1) is 0 Å². The van der Waals surface area contributed by atoms with Gasteiger partial charge in [-0.1, -0.05) is 95.1 Å². The smallest absolute Gasteiger partial charge is 0.417 e. The Morgan fingerprint density at radius 1 is 0.833 bits per heavy atom. The standard InChI is InChI=1S/C43H44Cl3F3N2O14S/c1-22(52)57-19-30-34(60-23(2)53)36(61-24(3)54)32(50-18-26-12-8-9-13-29(26)43(47,48)49)39(62-30)65-37-33(51-41(55)59-21-42(44,45)46)40(66-28-16-14-27(56-4)15-17-28)63-31-20-58-38(64-35(31)37)25-10-6-5-7-11-25/h5-18,30-40H,19-21H2,1-4H3,(H,51,55)/t30-,31-,32-,33-,34-,35-,36-,37-,38-,39-,40+/m1/s1. The summed E-state index contributed by atoms with van der Waals surface area (Å²) in [6, 6.07) is 17.3. The minimum atomic E-state index is -4.82. The highest BCUT2D eigenvalue weighted by molar-refractivity contribution is 7.99. The number of carbonyl (C=O) groups excluding carboxylic acids is 4. The molecule has 0 unspecified atom stereocenters. The van der Waals surface area contributed by atoms with E-state index in [-0.39, 0.29) is 6.61 Å². The first-order chi connectivity index (χ1) is 31.3. The molecule has 66 heavy (non-hydrogen) atoms. The number of alkyl carbamates (subject to hydrolysis) is 1. The molecule has 3 aliphatic heterocycles. The Labute approximate surface area is 395 Å². The average molecular weight is 1010 g/mol. The van der Waals surface area contributed by atoms with Gasteiger partial charge in [-0.2, -0.15) is 13.2 Å². The lowest BCUT2D eigenvalue weighted by Gasteiger charge is -2.51. The summed E-state index contributed by atoms with van der Waals surface area (Å²) in [5.41, 5.74) is -1.93. The molecule has 1 N–H and O–H groups in total. The molecule has 3 aromatic carbocycles. The van der Waals surface area contributed by atoms with Crippen molar-refractivity contribution in [2.24, 2.45) is 4.99 Å². The summed E-state index contributed by atoms with van der Waals surface area (Å²) in [6.07, 6.45) is -16.0. The number of nitrogens with one attached hydrogen (secondary N) is 1. The van der Waals surface area contributed by atoms with E-state index in [2.05, 4.69) is 10.3 Å². The van der Waals surface area contributed by atoms with Crippen molar-refractivity contribution in [3.63, 3.8) is 0 Å². The lowest BCUT2D eigenvalue weighted by molar-refractivity contribution is -0.343. The van der Waals surface area contributed by atoms with Crippen LogP contribution in [0, 0.1) is 0 Å². The lowest BCUT2D eigenvalue weighted by Crippen LogP contribution is -2.69. The van der Waals surface area contributed by atoms with E-state index in [4.69, 9.17) is 82.2 Å². The summed E-state index contributed by atoms with van der Waals surface area (Å²) in [5.74, 6) is -2.02. The predicted molar refractivity (Wildman–Crippen MR) is 230 cm³/mol. The van der Waals surface area contributed by atoms with E-state index >= 15 is 0 Å². The number of amides is 1. The fraction of sp³-hybridized carbons (Fsp3) is 0.465. The predicted octanol–water partition coefficient (Wildman–Crippen LogP) is 7.13. The first-order valence-corrected chi connectivity index (χ1v) is 22.1. The van der Waals surface area contributed by atoms with Gasteiger partial charge in [0.15, 0.2) is 24.8 Å². The molecule has 6 rings (SSSR count). The van der Waals surface area contributed by atoms with Crippen molar-refractivity contribution in [3.05, 3.63) is 95.6 Å². The van der Waals surface area contributed by atoms with E-state index in [1.807, 2.05) is 0 Å². The summed E-state index contributed by atoms with van der Waals surface area (Å²) < 4.78 is 101. The lowest BCUT2D eigenvalue weighted by atomic mass is 9.94. The molecule has 0 radical (unpaired) electrons. The molecule has 16 nitrogen and oxygen atoms in total. The maximum atomic E-state index is 14.3. The van der Waals surface area contributed by atoms with Crippen molar-refractivity contribution in [1.29, 1.82) is 0 Å². The van der Waals surface area contributed by atoms with E-state index in [0.717, 1.165) is 50.9 Å². The molecule has 3 fully saturated rings. The normalized spacial score (nSPS) is 27.8. The van der Waals surface area contributed by atoms with Crippen molar-refractivity contribution >= 4 is 76.8 Å². The minimum absolute atomic E-state index is 0.0881. The number of halogens is 6. The van der Waals surface area contributed by atoms with Crippen LogP contribution in [0.2, 0.25) is 0 Å². The molecule has 1 amide bonds. The number of carbonyl (C=O) groups is 4. The van der Waals surface area contributed by atoms with Crippen LogP contribution in [-0.2, 0) is 63.2 Å². The highest BCUT2D eigenvalue weighted by Crippen LogP contribution is 2.42. The number of ether oxygens (including phenoxy) is 10. The third kappa shape index (κ3) is 13.9. The van der Waals surface area contributed by atoms with Crippen LogP contribution in [0.25, 0.3) is 0 Å². The molecule has 0 saturated carbocycles. The number of methoxy groups -OCH3 is 1. The Morgan fingerprint density at radius 3 is 2.14 bits per heavy atom. The van der Waals surface area contributed by atoms with E-state index in [1.54, 1.807) is 54.6 Å². The SMILES string of the molecule is COc1ccc(S[C@@H]2O[C@@H]3CO[C@@H](c4ccccc4)O[C@H]3[C@H](O[C@H]3O[C@H](COC(C)=O)[C@@H](OC(C)=O)[C@H](OC(C)=O)[C@H]3N=Cc3ccccc3C(F)(F)F)[C@H]2NC(=O)OCC(Cl)(Cl)Cl)cc1. The number of hydrogen-bond donors (Lipinski definition) is 1. The Kier molecular flexibility index (Phi) is 17.5.